The number of rotatable bonds is 1. The van der Waals surface area contributed by atoms with Crippen molar-refractivity contribution < 1.29 is 0 Å². The molecular formula is C18H23N3. The highest BCUT2D eigenvalue weighted by molar-refractivity contribution is 5.64. The van der Waals surface area contributed by atoms with Crippen molar-refractivity contribution in [3.63, 3.8) is 0 Å². The van der Waals surface area contributed by atoms with Gasteiger partial charge in [-0.05, 0) is 17.9 Å². The SMILES string of the molecule is Cc1nc2c(c(-c3ccc(C(C)(C)C)cc3)n1)CNCC2. The first-order valence-corrected chi connectivity index (χ1v) is 7.63. The summed E-state index contributed by atoms with van der Waals surface area (Å²) >= 11 is 0. The minimum absolute atomic E-state index is 0.182. The van der Waals surface area contributed by atoms with Crippen LogP contribution >= 0.6 is 0 Å². The fourth-order valence-electron chi connectivity index (χ4n) is 2.83. The van der Waals surface area contributed by atoms with E-state index in [1.807, 2.05) is 6.92 Å². The molecule has 0 bridgehead atoms. The molecule has 3 heteroatoms. The quantitative estimate of drug-likeness (QED) is 0.870. The van der Waals surface area contributed by atoms with E-state index in [9.17, 15) is 0 Å². The van der Waals surface area contributed by atoms with Crippen LogP contribution in [0.5, 0.6) is 0 Å². The summed E-state index contributed by atoms with van der Waals surface area (Å²) in [7, 11) is 0. The molecule has 1 aliphatic rings. The highest BCUT2D eigenvalue weighted by atomic mass is 14.9. The van der Waals surface area contributed by atoms with Gasteiger partial charge in [0.25, 0.3) is 0 Å². The molecular weight excluding hydrogens is 258 g/mol. The van der Waals surface area contributed by atoms with E-state index in [0.717, 1.165) is 31.0 Å². The maximum atomic E-state index is 4.70. The second-order valence-corrected chi connectivity index (χ2v) is 6.80. The number of hydrogen-bond acceptors (Lipinski definition) is 3. The molecule has 0 fully saturated rings. The first-order chi connectivity index (χ1) is 9.95. The number of benzene rings is 1. The summed E-state index contributed by atoms with van der Waals surface area (Å²) in [6.45, 7) is 10.6. The summed E-state index contributed by atoms with van der Waals surface area (Å²) in [5.41, 5.74) is 6.27. The van der Waals surface area contributed by atoms with Gasteiger partial charge < -0.3 is 5.32 Å². The van der Waals surface area contributed by atoms with Crippen LogP contribution < -0.4 is 5.32 Å². The molecule has 110 valence electrons. The summed E-state index contributed by atoms with van der Waals surface area (Å²) in [5.74, 6) is 0.866. The van der Waals surface area contributed by atoms with Crippen LogP contribution in [0.4, 0.5) is 0 Å². The Morgan fingerprint density at radius 3 is 2.43 bits per heavy atom. The molecule has 1 aromatic heterocycles. The Morgan fingerprint density at radius 1 is 1.05 bits per heavy atom. The van der Waals surface area contributed by atoms with E-state index in [1.165, 1.54) is 22.4 Å². The third-order valence-corrected chi connectivity index (χ3v) is 4.07. The minimum Gasteiger partial charge on any atom is -0.312 e. The van der Waals surface area contributed by atoms with Gasteiger partial charge in [0.15, 0.2) is 0 Å². The first-order valence-electron chi connectivity index (χ1n) is 7.63. The largest absolute Gasteiger partial charge is 0.312 e. The normalized spacial score (nSPS) is 14.9. The Hall–Kier alpha value is -1.74. The molecule has 2 heterocycles. The van der Waals surface area contributed by atoms with Crippen LogP contribution in [-0.2, 0) is 18.4 Å². The van der Waals surface area contributed by atoms with Crippen LogP contribution in [0, 0.1) is 6.92 Å². The van der Waals surface area contributed by atoms with Gasteiger partial charge in [-0.25, -0.2) is 9.97 Å². The zero-order valence-corrected chi connectivity index (χ0v) is 13.3. The van der Waals surface area contributed by atoms with Gasteiger partial charge in [-0.2, -0.15) is 0 Å². The Bertz CT molecular complexity index is 651. The van der Waals surface area contributed by atoms with E-state index in [0.29, 0.717) is 0 Å². The van der Waals surface area contributed by atoms with Crippen LogP contribution in [0.3, 0.4) is 0 Å². The van der Waals surface area contributed by atoms with Crippen LogP contribution in [0.15, 0.2) is 24.3 Å². The lowest BCUT2D eigenvalue weighted by atomic mass is 9.86. The smallest absolute Gasteiger partial charge is 0.126 e. The zero-order valence-electron chi connectivity index (χ0n) is 13.3. The van der Waals surface area contributed by atoms with Gasteiger partial charge in [0, 0.05) is 30.6 Å². The van der Waals surface area contributed by atoms with Gasteiger partial charge in [0.1, 0.15) is 5.82 Å². The maximum absolute atomic E-state index is 4.70. The van der Waals surface area contributed by atoms with E-state index in [1.54, 1.807) is 0 Å². The van der Waals surface area contributed by atoms with Crippen molar-refractivity contribution in [3.05, 3.63) is 46.9 Å². The Kier molecular flexibility index (Phi) is 3.54. The van der Waals surface area contributed by atoms with Gasteiger partial charge in [0.05, 0.1) is 11.4 Å². The molecule has 3 nitrogen and oxygen atoms in total. The van der Waals surface area contributed by atoms with Crippen molar-refractivity contribution in [2.75, 3.05) is 6.54 Å². The van der Waals surface area contributed by atoms with Crippen molar-refractivity contribution >= 4 is 0 Å². The van der Waals surface area contributed by atoms with Crippen LogP contribution in [-0.4, -0.2) is 16.5 Å². The van der Waals surface area contributed by atoms with Crippen LogP contribution in [0.2, 0.25) is 0 Å². The maximum Gasteiger partial charge on any atom is 0.126 e. The van der Waals surface area contributed by atoms with E-state index in [4.69, 9.17) is 4.98 Å². The summed E-state index contributed by atoms with van der Waals surface area (Å²) in [6.07, 6.45) is 0.992. The lowest BCUT2D eigenvalue weighted by Gasteiger charge is -2.21. The Labute approximate surface area is 126 Å². The number of fused-ring (bicyclic) bond motifs is 1. The zero-order chi connectivity index (χ0) is 15.0. The number of hydrogen-bond donors (Lipinski definition) is 1. The van der Waals surface area contributed by atoms with Crippen molar-refractivity contribution in [2.24, 2.45) is 0 Å². The summed E-state index contributed by atoms with van der Waals surface area (Å²) in [4.78, 5) is 9.30. The molecule has 0 atom stereocenters. The van der Waals surface area contributed by atoms with Crippen molar-refractivity contribution in [3.8, 4) is 11.3 Å². The molecule has 2 aromatic rings. The molecule has 3 rings (SSSR count). The molecule has 0 spiro atoms. The highest BCUT2D eigenvalue weighted by Gasteiger charge is 2.18. The van der Waals surface area contributed by atoms with Gasteiger partial charge in [-0.15, -0.1) is 0 Å². The van der Waals surface area contributed by atoms with Crippen LogP contribution in [0.1, 0.15) is 43.4 Å². The monoisotopic (exact) mass is 281 g/mol. The summed E-state index contributed by atoms with van der Waals surface area (Å²) < 4.78 is 0. The molecule has 0 saturated heterocycles. The molecule has 1 N–H and O–H groups in total. The van der Waals surface area contributed by atoms with Gasteiger partial charge >= 0.3 is 0 Å². The number of nitrogens with one attached hydrogen (secondary N) is 1. The van der Waals surface area contributed by atoms with Gasteiger partial charge in [-0.1, -0.05) is 45.0 Å². The average Bonchev–Trinajstić information content (AvgIpc) is 2.45. The van der Waals surface area contributed by atoms with Gasteiger partial charge in [-0.3, -0.25) is 0 Å². The van der Waals surface area contributed by atoms with Crippen LogP contribution in [0.25, 0.3) is 11.3 Å². The third kappa shape index (κ3) is 2.84. The van der Waals surface area contributed by atoms with E-state index in [-0.39, 0.29) is 5.41 Å². The number of aromatic nitrogens is 2. The van der Waals surface area contributed by atoms with Gasteiger partial charge in [0.2, 0.25) is 0 Å². The second-order valence-electron chi connectivity index (χ2n) is 6.80. The Morgan fingerprint density at radius 2 is 1.76 bits per heavy atom. The molecule has 1 aromatic carbocycles. The fourth-order valence-corrected chi connectivity index (χ4v) is 2.83. The van der Waals surface area contributed by atoms with E-state index >= 15 is 0 Å². The third-order valence-electron chi connectivity index (χ3n) is 4.07. The van der Waals surface area contributed by atoms with E-state index < -0.39 is 0 Å². The standard InChI is InChI=1S/C18H23N3/c1-12-20-16-9-10-19-11-15(16)17(21-12)13-5-7-14(8-6-13)18(2,3)4/h5-8,19H,9-11H2,1-4H3. The Balaban J connectivity index is 2.06. The molecule has 0 amide bonds. The lowest BCUT2D eigenvalue weighted by Crippen LogP contribution is -2.26. The topological polar surface area (TPSA) is 37.8 Å². The fraction of sp³-hybridized carbons (Fsp3) is 0.444. The molecule has 0 saturated carbocycles. The van der Waals surface area contributed by atoms with Crippen molar-refractivity contribution in [2.45, 2.75) is 46.1 Å². The van der Waals surface area contributed by atoms with Crippen molar-refractivity contribution in [1.29, 1.82) is 0 Å². The predicted octanol–water partition coefficient (Wildman–Crippen LogP) is 3.40. The minimum atomic E-state index is 0.182. The molecule has 0 radical (unpaired) electrons. The number of aryl methyl sites for hydroxylation is 1. The molecule has 21 heavy (non-hydrogen) atoms. The highest BCUT2D eigenvalue weighted by Crippen LogP contribution is 2.29. The predicted molar refractivity (Wildman–Crippen MR) is 86.3 cm³/mol. The summed E-state index contributed by atoms with van der Waals surface area (Å²) in [5, 5.41) is 3.43. The first kappa shape index (κ1) is 14.2. The average molecular weight is 281 g/mol. The molecule has 0 aliphatic carbocycles. The number of nitrogens with zero attached hydrogens (tertiary/aromatic N) is 2. The molecule has 0 unspecified atom stereocenters. The van der Waals surface area contributed by atoms with Crippen molar-refractivity contribution in [1.82, 2.24) is 15.3 Å². The second kappa shape index (κ2) is 5.23. The lowest BCUT2D eigenvalue weighted by molar-refractivity contribution is 0.590. The molecule has 1 aliphatic heterocycles. The summed E-state index contributed by atoms with van der Waals surface area (Å²) in [6, 6.07) is 8.82. The van der Waals surface area contributed by atoms with E-state index in [2.05, 4.69) is 55.3 Å².